The molecule has 3 nitrogen and oxygen atoms in total. The van der Waals surface area contributed by atoms with Crippen LogP contribution in [0, 0.1) is 24.0 Å². The molecule has 2 aromatic rings. The molecule has 0 unspecified atom stereocenters. The molecule has 0 aromatic heterocycles. The van der Waals surface area contributed by atoms with Crippen LogP contribution in [0.25, 0.3) is 0 Å². The Morgan fingerprint density at radius 3 is 1.53 bits per heavy atom. The Hall–Kier alpha value is -2.16. The van der Waals surface area contributed by atoms with E-state index in [9.17, 15) is 10.1 Å². The molecule has 0 amide bonds. The lowest BCUT2D eigenvalue weighted by atomic mass is 10.1. The van der Waals surface area contributed by atoms with Gasteiger partial charge < -0.3 is 0 Å². The Balaban J connectivity index is 0.000000171. The third-order valence-corrected chi connectivity index (χ3v) is 2.39. The van der Waals surface area contributed by atoms with E-state index in [1.54, 1.807) is 18.2 Å². The highest BCUT2D eigenvalue weighted by Gasteiger charge is 1.98. The minimum absolute atomic E-state index is 0.137. The van der Waals surface area contributed by atoms with Crippen LogP contribution in [0.5, 0.6) is 0 Å². The van der Waals surface area contributed by atoms with Gasteiger partial charge in [-0.05, 0) is 25.0 Å². The lowest BCUT2D eigenvalue weighted by Crippen LogP contribution is -1.84. The highest BCUT2D eigenvalue weighted by Crippen LogP contribution is 2.06. The molecule has 0 fully saturated rings. The molecule has 0 saturated carbocycles. The summed E-state index contributed by atoms with van der Waals surface area (Å²) in [6, 6.07) is 16.3. The van der Waals surface area contributed by atoms with Crippen molar-refractivity contribution in [2.75, 3.05) is 0 Å². The van der Waals surface area contributed by atoms with Crippen molar-refractivity contribution in [3.63, 3.8) is 0 Å². The van der Waals surface area contributed by atoms with Crippen LogP contribution in [0.15, 0.2) is 54.6 Å². The molecule has 0 N–H and O–H groups in total. The lowest BCUT2D eigenvalue weighted by molar-refractivity contribution is -0.384. The van der Waals surface area contributed by atoms with E-state index in [4.69, 9.17) is 0 Å². The maximum atomic E-state index is 10.0. The molecule has 0 heterocycles. The fourth-order valence-corrected chi connectivity index (χ4v) is 1.21. The second-order valence-electron chi connectivity index (χ2n) is 3.68. The fourth-order valence-electron chi connectivity index (χ4n) is 1.21. The first kappa shape index (κ1) is 12.9. The summed E-state index contributed by atoms with van der Waals surface area (Å²) < 4.78 is 0. The van der Waals surface area contributed by atoms with Crippen LogP contribution in [0.3, 0.4) is 0 Å². The van der Waals surface area contributed by atoms with E-state index < -0.39 is 4.92 Å². The van der Waals surface area contributed by atoms with E-state index in [1.165, 1.54) is 23.3 Å². The fraction of sp³-hybridized carbons (Fsp3) is 0.143. The van der Waals surface area contributed by atoms with Gasteiger partial charge in [-0.25, -0.2) is 0 Å². The van der Waals surface area contributed by atoms with Gasteiger partial charge in [-0.3, -0.25) is 10.1 Å². The van der Waals surface area contributed by atoms with Crippen molar-refractivity contribution in [1.29, 1.82) is 0 Å². The highest BCUT2D eigenvalue weighted by molar-refractivity contribution is 5.28. The predicted octanol–water partition coefficient (Wildman–Crippen LogP) is 3.90. The standard InChI is InChI=1S/C8H10.C6H5NO2/c1-7-5-3-4-6-8(7)2;8-7(9)6-4-2-1-3-5-6/h3-6H,1-2H3;1-5H. The van der Waals surface area contributed by atoms with Gasteiger partial charge in [-0.1, -0.05) is 42.5 Å². The first-order valence-corrected chi connectivity index (χ1v) is 5.33. The Morgan fingerprint density at radius 1 is 0.824 bits per heavy atom. The van der Waals surface area contributed by atoms with Gasteiger partial charge in [0.05, 0.1) is 4.92 Å². The lowest BCUT2D eigenvalue weighted by Gasteiger charge is -1.93. The van der Waals surface area contributed by atoms with Crippen molar-refractivity contribution >= 4 is 5.69 Å². The first-order chi connectivity index (χ1) is 8.11. The Morgan fingerprint density at radius 2 is 1.24 bits per heavy atom. The zero-order valence-electron chi connectivity index (χ0n) is 9.96. The predicted molar refractivity (Wildman–Crippen MR) is 69.0 cm³/mol. The number of nitro groups is 1. The van der Waals surface area contributed by atoms with Gasteiger partial charge >= 0.3 is 0 Å². The summed E-state index contributed by atoms with van der Waals surface area (Å²) in [4.78, 5) is 9.59. The van der Waals surface area contributed by atoms with E-state index in [2.05, 4.69) is 38.1 Å². The highest BCUT2D eigenvalue weighted by atomic mass is 16.6. The monoisotopic (exact) mass is 229 g/mol. The summed E-state index contributed by atoms with van der Waals surface area (Å²) >= 11 is 0. The smallest absolute Gasteiger partial charge is 0.258 e. The summed E-state index contributed by atoms with van der Waals surface area (Å²) in [5.74, 6) is 0. The summed E-state index contributed by atoms with van der Waals surface area (Å²) in [6.07, 6.45) is 0. The Kier molecular flexibility index (Phi) is 4.88. The van der Waals surface area contributed by atoms with Gasteiger partial charge in [0.25, 0.3) is 5.69 Å². The van der Waals surface area contributed by atoms with Gasteiger partial charge in [-0.15, -0.1) is 0 Å². The molecule has 88 valence electrons. The van der Waals surface area contributed by atoms with E-state index in [0.717, 1.165) is 0 Å². The number of nitrogens with zero attached hydrogens (tertiary/aromatic N) is 1. The summed E-state index contributed by atoms with van der Waals surface area (Å²) in [6.45, 7) is 4.24. The molecular weight excluding hydrogens is 214 g/mol. The number of non-ortho nitro benzene ring substituents is 1. The largest absolute Gasteiger partial charge is 0.269 e. The van der Waals surface area contributed by atoms with Crippen molar-refractivity contribution in [2.24, 2.45) is 0 Å². The SMILES string of the molecule is Cc1ccccc1C.O=[N+]([O-])c1ccccc1. The van der Waals surface area contributed by atoms with E-state index in [-0.39, 0.29) is 5.69 Å². The molecule has 0 radical (unpaired) electrons. The maximum absolute atomic E-state index is 10.0. The molecule has 17 heavy (non-hydrogen) atoms. The van der Waals surface area contributed by atoms with Crippen molar-refractivity contribution in [3.8, 4) is 0 Å². The third kappa shape index (κ3) is 4.47. The van der Waals surface area contributed by atoms with Crippen LogP contribution in [0.4, 0.5) is 5.69 Å². The number of nitro benzene ring substituents is 1. The maximum Gasteiger partial charge on any atom is 0.269 e. The first-order valence-electron chi connectivity index (χ1n) is 5.33. The molecule has 3 heteroatoms. The second-order valence-corrected chi connectivity index (χ2v) is 3.68. The van der Waals surface area contributed by atoms with E-state index >= 15 is 0 Å². The van der Waals surface area contributed by atoms with Crippen molar-refractivity contribution < 1.29 is 4.92 Å². The van der Waals surface area contributed by atoms with Crippen LogP contribution in [0.1, 0.15) is 11.1 Å². The van der Waals surface area contributed by atoms with Crippen LogP contribution < -0.4 is 0 Å². The minimum atomic E-state index is -0.417. The number of hydrogen-bond acceptors (Lipinski definition) is 2. The van der Waals surface area contributed by atoms with Gasteiger partial charge in [0.15, 0.2) is 0 Å². The molecule has 2 aromatic carbocycles. The molecule has 0 atom stereocenters. The molecular formula is C14H15NO2. The average molecular weight is 229 g/mol. The molecule has 0 aliphatic rings. The molecule has 0 bridgehead atoms. The van der Waals surface area contributed by atoms with Crippen LogP contribution in [-0.2, 0) is 0 Å². The molecule has 2 rings (SSSR count). The summed E-state index contributed by atoms with van der Waals surface area (Å²) in [5, 5.41) is 10.0. The third-order valence-electron chi connectivity index (χ3n) is 2.39. The minimum Gasteiger partial charge on any atom is -0.258 e. The Labute approximate surface area is 101 Å². The number of hydrogen-bond donors (Lipinski definition) is 0. The number of aryl methyl sites for hydroxylation is 2. The van der Waals surface area contributed by atoms with Crippen molar-refractivity contribution in [1.82, 2.24) is 0 Å². The summed E-state index contributed by atoms with van der Waals surface area (Å²) in [7, 11) is 0. The second kappa shape index (κ2) is 6.43. The normalized spacial score (nSPS) is 9.06. The van der Waals surface area contributed by atoms with Gasteiger partial charge in [0, 0.05) is 12.1 Å². The van der Waals surface area contributed by atoms with Crippen molar-refractivity contribution in [3.05, 3.63) is 75.8 Å². The van der Waals surface area contributed by atoms with Crippen molar-refractivity contribution in [2.45, 2.75) is 13.8 Å². The zero-order chi connectivity index (χ0) is 12.7. The topological polar surface area (TPSA) is 43.1 Å². The zero-order valence-corrected chi connectivity index (χ0v) is 9.96. The molecule has 0 aliphatic carbocycles. The Bertz CT molecular complexity index is 460. The van der Waals surface area contributed by atoms with E-state index in [1.807, 2.05) is 0 Å². The van der Waals surface area contributed by atoms with Crippen LogP contribution in [0.2, 0.25) is 0 Å². The van der Waals surface area contributed by atoms with Gasteiger partial charge in [-0.2, -0.15) is 0 Å². The van der Waals surface area contributed by atoms with Gasteiger partial charge in [0.1, 0.15) is 0 Å². The number of rotatable bonds is 1. The molecule has 0 spiro atoms. The quantitative estimate of drug-likeness (QED) is 0.549. The van der Waals surface area contributed by atoms with Crippen LogP contribution in [-0.4, -0.2) is 4.92 Å². The molecule has 0 saturated heterocycles. The van der Waals surface area contributed by atoms with E-state index in [0.29, 0.717) is 0 Å². The average Bonchev–Trinajstić information content (AvgIpc) is 2.35. The number of para-hydroxylation sites is 1. The van der Waals surface area contributed by atoms with Gasteiger partial charge in [0.2, 0.25) is 0 Å². The number of benzene rings is 2. The van der Waals surface area contributed by atoms with Crippen LogP contribution >= 0.6 is 0 Å². The summed E-state index contributed by atoms with van der Waals surface area (Å²) in [5.41, 5.74) is 2.87. The molecule has 0 aliphatic heterocycles.